The maximum atomic E-state index is 6.37. The van der Waals surface area contributed by atoms with Crippen molar-refractivity contribution >= 4 is 17.3 Å². The number of furan rings is 1. The molecule has 1 heterocycles. The smallest absolute Gasteiger partial charge is 0.123 e. The van der Waals surface area contributed by atoms with Gasteiger partial charge in [-0.05, 0) is 49.7 Å². The molecule has 1 aromatic carbocycles. The van der Waals surface area contributed by atoms with Crippen molar-refractivity contribution in [2.45, 2.75) is 33.4 Å². The zero-order chi connectivity index (χ0) is 15.2. The van der Waals surface area contributed by atoms with Crippen LogP contribution in [0.2, 0.25) is 5.02 Å². The van der Waals surface area contributed by atoms with Crippen LogP contribution in [0.5, 0.6) is 0 Å². The largest absolute Gasteiger partial charge is 0.464 e. The maximum absolute atomic E-state index is 6.37. The molecule has 2 aromatic rings. The number of benzene rings is 1. The van der Waals surface area contributed by atoms with Crippen molar-refractivity contribution in [3.63, 3.8) is 0 Å². The van der Waals surface area contributed by atoms with Crippen molar-refractivity contribution in [3.05, 3.63) is 52.4 Å². The molecule has 3 nitrogen and oxygen atoms in total. The molecule has 0 aliphatic heterocycles. The highest BCUT2D eigenvalue weighted by Crippen LogP contribution is 2.24. The molecule has 0 spiro atoms. The second-order valence-corrected chi connectivity index (χ2v) is 5.73. The minimum absolute atomic E-state index is 0.734. The first-order valence-corrected chi connectivity index (χ1v) is 7.73. The Morgan fingerprint density at radius 2 is 2.05 bits per heavy atom. The molecule has 21 heavy (non-hydrogen) atoms. The first-order valence-electron chi connectivity index (χ1n) is 7.35. The normalized spacial score (nSPS) is 10.9. The summed E-state index contributed by atoms with van der Waals surface area (Å²) in [6, 6.07) is 10.2. The Kier molecular flexibility index (Phi) is 5.71. The van der Waals surface area contributed by atoms with Gasteiger partial charge in [0.25, 0.3) is 0 Å². The van der Waals surface area contributed by atoms with Crippen LogP contribution in [0.1, 0.15) is 30.4 Å². The lowest BCUT2D eigenvalue weighted by Gasteiger charge is -2.19. The third-order valence-corrected chi connectivity index (χ3v) is 3.76. The van der Waals surface area contributed by atoms with Gasteiger partial charge in [0.1, 0.15) is 11.5 Å². The molecule has 0 atom stereocenters. The van der Waals surface area contributed by atoms with Crippen LogP contribution < -0.4 is 10.2 Å². The first-order chi connectivity index (χ1) is 10.1. The van der Waals surface area contributed by atoms with Crippen LogP contribution in [0.4, 0.5) is 5.69 Å². The summed E-state index contributed by atoms with van der Waals surface area (Å²) >= 11 is 6.37. The van der Waals surface area contributed by atoms with Crippen molar-refractivity contribution < 1.29 is 4.42 Å². The van der Waals surface area contributed by atoms with E-state index in [1.807, 2.05) is 32.2 Å². The van der Waals surface area contributed by atoms with Gasteiger partial charge in [0.2, 0.25) is 0 Å². The van der Waals surface area contributed by atoms with Crippen LogP contribution in [0.3, 0.4) is 0 Å². The number of hydrogen-bond acceptors (Lipinski definition) is 3. The highest BCUT2D eigenvalue weighted by Gasteiger charge is 2.08. The Morgan fingerprint density at radius 1 is 1.24 bits per heavy atom. The molecular formula is C17H23ClN2O. The number of halogens is 1. The van der Waals surface area contributed by atoms with Crippen molar-refractivity contribution in [3.8, 4) is 0 Å². The molecule has 0 aliphatic carbocycles. The summed E-state index contributed by atoms with van der Waals surface area (Å²) in [5, 5.41) is 4.17. The fourth-order valence-electron chi connectivity index (χ4n) is 2.21. The lowest BCUT2D eigenvalue weighted by Crippen LogP contribution is -2.17. The summed E-state index contributed by atoms with van der Waals surface area (Å²) in [7, 11) is 2.04. The van der Waals surface area contributed by atoms with Gasteiger partial charge in [-0.25, -0.2) is 0 Å². The van der Waals surface area contributed by atoms with E-state index in [9.17, 15) is 0 Å². The maximum Gasteiger partial charge on any atom is 0.123 e. The molecule has 0 fully saturated rings. The second-order valence-electron chi connectivity index (χ2n) is 5.32. The molecule has 114 valence electrons. The Morgan fingerprint density at radius 3 is 2.67 bits per heavy atom. The SMILES string of the molecule is CCCNCc1ccc(N(C)Cc2ccc(C)o2)cc1Cl. The molecule has 0 unspecified atom stereocenters. The van der Waals surface area contributed by atoms with Gasteiger partial charge >= 0.3 is 0 Å². The third-order valence-electron chi connectivity index (χ3n) is 3.41. The fraction of sp³-hybridized carbons (Fsp3) is 0.412. The molecular weight excluding hydrogens is 284 g/mol. The average Bonchev–Trinajstić information content (AvgIpc) is 2.86. The van der Waals surface area contributed by atoms with E-state index >= 15 is 0 Å². The van der Waals surface area contributed by atoms with E-state index in [0.717, 1.165) is 53.8 Å². The summed E-state index contributed by atoms with van der Waals surface area (Å²) in [4.78, 5) is 2.13. The van der Waals surface area contributed by atoms with Crippen LogP contribution in [0.15, 0.2) is 34.7 Å². The monoisotopic (exact) mass is 306 g/mol. The lowest BCUT2D eigenvalue weighted by molar-refractivity contribution is 0.482. The van der Waals surface area contributed by atoms with Crippen LogP contribution >= 0.6 is 11.6 Å². The van der Waals surface area contributed by atoms with Gasteiger partial charge in [0.15, 0.2) is 0 Å². The van der Waals surface area contributed by atoms with Gasteiger partial charge in [-0.1, -0.05) is 24.6 Å². The van der Waals surface area contributed by atoms with E-state index < -0.39 is 0 Å². The number of anilines is 1. The number of hydrogen-bond donors (Lipinski definition) is 1. The van der Waals surface area contributed by atoms with Gasteiger partial charge in [0, 0.05) is 24.3 Å². The number of nitrogens with one attached hydrogen (secondary N) is 1. The summed E-state index contributed by atoms with van der Waals surface area (Å²) in [6.07, 6.45) is 1.13. The number of nitrogens with zero attached hydrogens (tertiary/aromatic N) is 1. The van der Waals surface area contributed by atoms with E-state index in [-0.39, 0.29) is 0 Å². The summed E-state index contributed by atoms with van der Waals surface area (Å²) in [6.45, 7) is 6.67. The van der Waals surface area contributed by atoms with Gasteiger partial charge in [-0.2, -0.15) is 0 Å². The predicted octanol–water partition coefficient (Wildman–Crippen LogP) is 4.38. The molecule has 0 amide bonds. The third kappa shape index (κ3) is 4.51. The quantitative estimate of drug-likeness (QED) is 0.770. The van der Waals surface area contributed by atoms with Gasteiger partial charge in [0.05, 0.1) is 6.54 Å². The standard InChI is InChI=1S/C17H23ClN2O/c1-4-9-19-11-14-6-7-15(10-17(14)18)20(3)12-16-8-5-13(2)21-16/h5-8,10,19H,4,9,11-12H2,1-3H3. The molecule has 0 aliphatic rings. The molecule has 1 aromatic heterocycles. The molecule has 1 N–H and O–H groups in total. The van der Waals surface area contributed by atoms with Gasteiger partial charge in [-0.3, -0.25) is 0 Å². The van der Waals surface area contributed by atoms with E-state index in [1.165, 1.54) is 0 Å². The van der Waals surface area contributed by atoms with E-state index in [2.05, 4.69) is 29.3 Å². The molecule has 2 rings (SSSR count). The van der Waals surface area contributed by atoms with Gasteiger partial charge < -0.3 is 14.6 Å². The second kappa shape index (κ2) is 7.53. The predicted molar refractivity (Wildman–Crippen MR) is 89.0 cm³/mol. The molecule has 0 bridgehead atoms. The van der Waals surface area contributed by atoms with E-state index in [1.54, 1.807) is 0 Å². The van der Waals surface area contributed by atoms with Crippen molar-refractivity contribution in [1.82, 2.24) is 5.32 Å². The van der Waals surface area contributed by atoms with Crippen LogP contribution in [-0.2, 0) is 13.1 Å². The highest BCUT2D eigenvalue weighted by molar-refractivity contribution is 6.31. The first kappa shape index (κ1) is 15.9. The van der Waals surface area contributed by atoms with E-state index in [4.69, 9.17) is 16.0 Å². The summed E-state index contributed by atoms with van der Waals surface area (Å²) in [5.41, 5.74) is 2.23. The Balaban J connectivity index is 2.01. The lowest BCUT2D eigenvalue weighted by atomic mass is 10.2. The summed E-state index contributed by atoms with van der Waals surface area (Å²) in [5.74, 6) is 1.90. The Bertz CT molecular complexity index is 580. The summed E-state index contributed by atoms with van der Waals surface area (Å²) < 4.78 is 5.61. The van der Waals surface area contributed by atoms with Crippen LogP contribution in [-0.4, -0.2) is 13.6 Å². The van der Waals surface area contributed by atoms with Crippen LogP contribution in [0, 0.1) is 6.92 Å². The van der Waals surface area contributed by atoms with Crippen molar-refractivity contribution in [1.29, 1.82) is 0 Å². The molecule has 4 heteroatoms. The zero-order valence-corrected chi connectivity index (χ0v) is 13.7. The minimum Gasteiger partial charge on any atom is -0.464 e. The molecule has 0 saturated heterocycles. The van der Waals surface area contributed by atoms with E-state index in [0.29, 0.717) is 0 Å². The highest BCUT2D eigenvalue weighted by atomic mass is 35.5. The topological polar surface area (TPSA) is 28.4 Å². The van der Waals surface area contributed by atoms with Crippen molar-refractivity contribution in [2.24, 2.45) is 0 Å². The number of rotatable bonds is 7. The number of aryl methyl sites for hydroxylation is 1. The van der Waals surface area contributed by atoms with Crippen LogP contribution in [0.25, 0.3) is 0 Å². The molecule has 0 radical (unpaired) electrons. The fourth-order valence-corrected chi connectivity index (χ4v) is 2.45. The van der Waals surface area contributed by atoms with Gasteiger partial charge in [-0.15, -0.1) is 0 Å². The Hall–Kier alpha value is -1.45. The molecule has 0 saturated carbocycles. The minimum atomic E-state index is 0.734. The zero-order valence-electron chi connectivity index (χ0n) is 12.9. The average molecular weight is 307 g/mol. The van der Waals surface area contributed by atoms with Crippen molar-refractivity contribution in [2.75, 3.05) is 18.5 Å². The Labute approximate surface area is 131 Å².